The van der Waals surface area contributed by atoms with E-state index in [9.17, 15) is 26.4 Å². The zero-order chi connectivity index (χ0) is 24.2. The summed E-state index contributed by atoms with van der Waals surface area (Å²) in [6, 6.07) is 14.7. The molecule has 3 rings (SSSR count). The van der Waals surface area contributed by atoms with Gasteiger partial charge in [-0.15, -0.1) is 0 Å². The molecule has 174 valence electrons. The number of carbonyl (C=O) groups is 1. The highest BCUT2D eigenvalue weighted by Crippen LogP contribution is 2.31. The van der Waals surface area contributed by atoms with Gasteiger partial charge < -0.3 is 10.1 Å². The maximum absolute atomic E-state index is 12.8. The molecule has 1 amide bonds. The number of carbonyl (C=O) groups excluding carboxylic acids is 1. The fourth-order valence-corrected chi connectivity index (χ4v) is 4.10. The van der Waals surface area contributed by atoms with Crippen LogP contribution in [0.5, 0.6) is 5.75 Å². The maximum atomic E-state index is 12.8. The number of amides is 1. The van der Waals surface area contributed by atoms with E-state index in [1.807, 2.05) is 19.9 Å². The third-order valence-electron chi connectivity index (χ3n) is 4.46. The van der Waals surface area contributed by atoms with Crippen molar-refractivity contribution in [3.63, 3.8) is 0 Å². The van der Waals surface area contributed by atoms with Crippen molar-refractivity contribution in [2.45, 2.75) is 24.9 Å². The lowest BCUT2D eigenvalue weighted by molar-refractivity contribution is -0.137. The predicted octanol–water partition coefficient (Wildman–Crippen LogP) is 5.14. The van der Waals surface area contributed by atoms with Crippen LogP contribution in [0.25, 0.3) is 0 Å². The van der Waals surface area contributed by atoms with E-state index in [1.54, 1.807) is 12.1 Å². The van der Waals surface area contributed by atoms with Crippen LogP contribution in [0.1, 0.15) is 16.7 Å². The summed E-state index contributed by atoms with van der Waals surface area (Å²) in [6.45, 7) is 3.59. The minimum Gasteiger partial charge on any atom is -0.484 e. The second-order valence-electron chi connectivity index (χ2n) is 7.37. The minimum absolute atomic E-state index is 0.176. The van der Waals surface area contributed by atoms with E-state index >= 15 is 0 Å². The molecule has 0 spiro atoms. The highest BCUT2D eigenvalue weighted by molar-refractivity contribution is 7.92. The van der Waals surface area contributed by atoms with Crippen molar-refractivity contribution in [3.8, 4) is 5.75 Å². The molecule has 0 fully saturated rings. The van der Waals surface area contributed by atoms with Crippen LogP contribution in [-0.2, 0) is 21.0 Å². The number of sulfonamides is 1. The second-order valence-corrected chi connectivity index (χ2v) is 9.05. The van der Waals surface area contributed by atoms with Crippen molar-refractivity contribution >= 4 is 27.3 Å². The van der Waals surface area contributed by atoms with Crippen LogP contribution in [0.4, 0.5) is 24.5 Å². The van der Waals surface area contributed by atoms with Crippen molar-refractivity contribution in [1.82, 2.24) is 0 Å². The molecule has 6 nitrogen and oxygen atoms in total. The lowest BCUT2D eigenvalue weighted by Gasteiger charge is -2.12. The molecule has 0 atom stereocenters. The van der Waals surface area contributed by atoms with Crippen molar-refractivity contribution < 1.29 is 31.1 Å². The first-order valence-electron chi connectivity index (χ1n) is 9.73. The highest BCUT2D eigenvalue weighted by atomic mass is 32.2. The molecule has 0 unspecified atom stereocenters. The first kappa shape index (κ1) is 24.1. The summed E-state index contributed by atoms with van der Waals surface area (Å²) in [5, 5.41) is 2.59. The number of alkyl halides is 3. The molecule has 10 heteroatoms. The smallest absolute Gasteiger partial charge is 0.416 e. The van der Waals surface area contributed by atoms with Crippen LogP contribution in [0.3, 0.4) is 0 Å². The monoisotopic (exact) mass is 478 g/mol. The second kappa shape index (κ2) is 9.53. The average molecular weight is 478 g/mol. The van der Waals surface area contributed by atoms with Gasteiger partial charge in [0.1, 0.15) is 5.75 Å². The number of halogens is 3. The Morgan fingerprint density at radius 1 is 0.909 bits per heavy atom. The molecule has 33 heavy (non-hydrogen) atoms. The van der Waals surface area contributed by atoms with Gasteiger partial charge in [-0.2, -0.15) is 13.2 Å². The number of aryl methyl sites for hydroxylation is 2. The SMILES string of the molecule is Cc1cc(C)cc(OCC(=O)Nc2ccc(S(=O)(=O)Nc3cccc(C(F)(F)F)c3)cc2)c1. The Morgan fingerprint density at radius 2 is 1.55 bits per heavy atom. The van der Waals surface area contributed by atoms with Gasteiger partial charge in [0.15, 0.2) is 6.61 Å². The molecule has 0 aliphatic heterocycles. The third-order valence-corrected chi connectivity index (χ3v) is 5.85. The van der Waals surface area contributed by atoms with Gasteiger partial charge in [0.2, 0.25) is 0 Å². The third kappa shape index (κ3) is 6.72. The number of hydrogen-bond donors (Lipinski definition) is 2. The van der Waals surface area contributed by atoms with Crippen LogP contribution < -0.4 is 14.8 Å². The lowest BCUT2D eigenvalue weighted by atomic mass is 10.1. The summed E-state index contributed by atoms with van der Waals surface area (Å²) in [4.78, 5) is 12.0. The Labute approximate surface area is 189 Å². The zero-order valence-electron chi connectivity index (χ0n) is 17.7. The Morgan fingerprint density at radius 3 is 2.15 bits per heavy atom. The Balaban J connectivity index is 1.62. The fraction of sp³-hybridized carbons (Fsp3) is 0.174. The topological polar surface area (TPSA) is 84.5 Å². The maximum Gasteiger partial charge on any atom is 0.416 e. The predicted molar refractivity (Wildman–Crippen MR) is 119 cm³/mol. The van der Waals surface area contributed by atoms with Crippen molar-refractivity contribution in [2.24, 2.45) is 0 Å². The van der Waals surface area contributed by atoms with Crippen LogP contribution >= 0.6 is 0 Å². The van der Waals surface area contributed by atoms with Gasteiger partial charge in [0.25, 0.3) is 15.9 Å². The molecule has 0 saturated carbocycles. The Hall–Kier alpha value is -3.53. The molecule has 2 N–H and O–H groups in total. The van der Waals surface area contributed by atoms with Gasteiger partial charge in [-0.3, -0.25) is 9.52 Å². The van der Waals surface area contributed by atoms with Gasteiger partial charge in [-0.05, 0) is 79.6 Å². The number of anilines is 2. The minimum atomic E-state index is -4.59. The van der Waals surface area contributed by atoms with Crippen LogP contribution in [0.15, 0.2) is 71.6 Å². The molecule has 0 aliphatic rings. The summed E-state index contributed by atoms with van der Waals surface area (Å²) in [7, 11) is -4.13. The lowest BCUT2D eigenvalue weighted by Crippen LogP contribution is -2.20. The normalized spacial score (nSPS) is 11.7. The molecular formula is C23H21F3N2O4S. The molecule has 3 aromatic rings. The van der Waals surface area contributed by atoms with E-state index in [0.717, 1.165) is 23.3 Å². The van der Waals surface area contributed by atoms with Crippen molar-refractivity contribution in [3.05, 3.63) is 83.4 Å². The van der Waals surface area contributed by atoms with E-state index in [-0.39, 0.29) is 17.2 Å². The average Bonchev–Trinajstić information content (AvgIpc) is 2.71. The van der Waals surface area contributed by atoms with E-state index in [1.165, 1.54) is 30.3 Å². The molecule has 0 aliphatic carbocycles. The first-order chi connectivity index (χ1) is 15.4. The van der Waals surface area contributed by atoms with Crippen LogP contribution in [0.2, 0.25) is 0 Å². The van der Waals surface area contributed by atoms with Crippen LogP contribution in [-0.4, -0.2) is 20.9 Å². The molecular weight excluding hydrogens is 457 g/mol. The van der Waals surface area contributed by atoms with Gasteiger partial charge in [0.05, 0.1) is 10.5 Å². The molecule has 0 saturated heterocycles. The molecule has 0 aromatic heterocycles. The van der Waals surface area contributed by atoms with E-state index in [2.05, 4.69) is 10.0 Å². The van der Waals surface area contributed by atoms with Gasteiger partial charge >= 0.3 is 6.18 Å². The largest absolute Gasteiger partial charge is 0.484 e. The number of rotatable bonds is 7. The number of benzene rings is 3. The fourth-order valence-electron chi connectivity index (χ4n) is 3.05. The first-order valence-corrected chi connectivity index (χ1v) is 11.2. The summed E-state index contributed by atoms with van der Waals surface area (Å²) in [5.74, 6) is 0.122. The Bertz CT molecular complexity index is 1240. The van der Waals surface area contributed by atoms with Gasteiger partial charge in [0, 0.05) is 11.4 Å². The molecule has 0 radical (unpaired) electrons. The number of hydrogen-bond acceptors (Lipinski definition) is 4. The molecule has 3 aromatic carbocycles. The molecule has 0 bridgehead atoms. The standard InChI is InChI=1S/C23H21F3N2O4S/c1-15-10-16(2)12-20(11-15)32-14-22(29)27-18-6-8-21(9-7-18)33(30,31)28-19-5-3-4-17(13-19)23(24,25)26/h3-13,28H,14H2,1-2H3,(H,27,29). The molecule has 0 heterocycles. The summed E-state index contributed by atoms with van der Waals surface area (Å²) in [6.07, 6.45) is -4.59. The van der Waals surface area contributed by atoms with E-state index < -0.39 is 27.7 Å². The van der Waals surface area contributed by atoms with Crippen LogP contribution in [0, 0.1) is 13.8 Å². The summed E-state index contributed by atoms with van der Waals surface area (Å²) < 4.78 is 71.1. The summed E-state index contributed by atoms with van der Waals surface area (Å²) in [5.41, 5.74) is 1.15. The van der Waals surface area contributed by atoms with E-state index in [0.29, 0.717) is 17.5 Å². The number of ether oxygens (including phenoxy) is 1. The van der Waals surface area contributed by atoms with Crippen molar-refractivity contribution in [1.29, 1.82) is 0 Å². The quantitative estimate of drug-likeness (QED) is 0.493. The zero-order valence-corrected chi connectivity index (χ0v) is 18.5. The number of nitrogens with one attached hydrogen (secondary N) is 2. The van der Waals surface area contributed by atoms with Crippen molar-refractivity contribution in [2.75, 3.05) is 16.6 Å². The summed E-state index contributed by atoms with van der Waals surface area (Å²) >= 11 is 0. The van der Waals surface area contributed by atoms with Gasteiger partial charge in [-0.1, -0.05) is 12.1 Å². The highest BCUT2D eigenvalue weighted by Gasteiger charge is 2.30. The van der Waals surface area contributed by atoms with Gasteiger partial charge in [-0.25, -0.2) is 8.42 Å². The Kier molecular flexibility index (Phi) is 6.97. The van der Waals surface area contributed by atoms with E-state index in [4.69, 9.17) is 4.74 Å².